The van der Waals surface area contributed by atoms with E-state index in [0.29, 0.717) is 11.5 Å². The van der Waals surface area contributed by atoms with E-state index in [1.54, 1.807) is 14.2 Å². The highest BCUT2D eigenvalue weighted by atomic mass is 16.5. The largest absolute Gasteiger partial charge is 0.492 e. The molecular formula is C10H12O2. The fourth-order valence-corrected chi connectivity index (χ4v) is 0.929. The Morgan fingerprint density at radius 1 is 0.833 bits per heavy atom. The lowest BCUT2D eigenvalue weighted by Crippen LogP contribution is -1.93. The normalized spacial score (nSPS) is 9.67. The van der Waals surface area contributed by atoms with Crippen LogP contribution in [0.3, 0.4) is 0 Å². The molecule has 0 fully saturated rings. The molecule has 12 heavy (non-hydrogen) atoms. The first-order valence-electron chi connectivity index (χ1n) is 3.72. The summed E-state index contributed by atoms with van der Waals surface area (Å²) in [4.78, 5) is 0. The Hall–Kier alpha value is -1.18. The van der Waals surface area contributed by atoms with Gasteiger partial charge in [-0.1, -0.05) is 0 Å². The molecule has 0 saturated heterocycles. The van der Waals surface area contributed by atoms with Crippen LogP contribution in [0.15, 0.2) is 0 Å². The van der Waals surface area contributed by atoms with Crippen molar-refractivity contribution in [1.29, 1.82) is 0 Å². The van der Waals surface area contributed by atoms with Crippen molar-refractivity contribution in [2.45, 2.75) is 13.8 Å². The minimum absolute atomic E-state index is 0.612. The minimum Gasteiger partial charge on any atom is -0.492 e. The summed E-state index contributed by atoms with van der Waals surface area (Å²) < 4.78 is 10.1. The van der Waals surface area contributed by atoms with Gasteiger partial charge in [-0.2, -0.15) is 0 Å². The van der Waals surface area contributed by atoms with Crippen molar-refractivity contribution < 1.29 is 9.47 Å². The summed E-state index contributed by atoms with van der Waals surface area (Å²) in [6.07, 6.45) is 0. The summed E-state index contributed by atoms with van der Waals surface area (Å²) in [7, 11) is 3.19. The van der Waals surface area contributed by atoms with Gasteiger partial charge in [-0.3, -0.25) is 0 Å². The summed E-state index contributed by atoms with van der Waals surface area (Å²) in [5.74, 6) is 1.22. The molecule has 2 radical (unpaired) electrons. The van der Waals surface area contributed by atoms with Crippen LogP contribution in [-0.4, -0.2) is 14.2 Å². The summed E-state index contributed by atoms with van der Waals surface area (Å²) in [6, 6.07) is 6.13. The smallest absolute Gasteiger partial charge is 0.169 e. The van der Waals surface area contributed by atoms with E-state index in [1.807, 2.05) is 13.8 Å². The molecule has 0 heterocycles. The van der Waals surface area contributed by atoms with Crippen molar-refractivity contribution >= 4 is 0 Å². The Bertz CT molecular complexity index is 250. The molecule has 0 aromatic heterocycles. The molecule has 0 unspecified atom stereocenters. The highest BCUT2D eigenvalue weighted by Crippen LogP contribution is 2.28. The molecule has 0 aliphatic rings. The highest BCUT2D eigenvalue weighted by molar-refractivity contribution is 5.44. The van der Waals surface area contributed by atoms with Crippen LogP contribution >= 0.6 is 0 Å². The van der Waals surface area contributed by atoms with Gasteiger partial charge in [0.15, 0.2) is 11.5 Å². The Morgan fingerprint density at radius 2 is 1.17 bits per heavy atom. The molecule has 0 aliphatic carbocycles. The van der Waals surface area contributed by atoms with Gasteiger partial charge in [-0.25, -0.2) is 0 Å². The molecule has 0 saturated carbocycles. The van der Waals surface area contributed by atoms with Crippen LogP contribution in [0.4, 0.5) is 0 Å². The van der Waals surface area contributed by atoms with Crippen molar-refractivity contribution in [2.24, 2.45) is 0 Å². The second kappa shape index (κ2) is 3.48. The number of benzene rings is 1. The van der Waals surface area contributed by atoms with E-state index in [2.05, 4.69) is 12.1 Å². The Balaban J connectivity index is 3.19. The Morgan fingerprint density at radius 3 is 1.42 bits per heavy atom. The summed E-state index contributed by atoms with van der Waals surface area (Å²) in [6.45, 7) is 3.93. The second-order valence-electron chi connectivity index (χ2n) is 2.57. The van der Waals surface area contributed by atoms with Crippen LogP contribution in [0.25, 0.3) is 0 Å². The molecule has 2 heteroatoms. The van der Waals surface area contributed by atoms with E-state index in [0.717, 1.165) is 11.1 Å². The zero-order valence-electron chi connectivity index (χ0n) is 7.82. The van der Waals surface area contributed by atoms with E-state index < -0.39 is 0 Å². The zero-order chi connectivity index (χ0) is 9.14. The predicted molar refractivity (Wildman–Crippen MR) is 46.7 cm³/mol. The van der Waals surface area contributed by atoms with E-state index in [4.69, 9.17) is 9.47 Å². The molecule has 1 rings (SSSR count). The molecule has 0 atom stereocenters. The van der Waals surface area contributed by atoms with Gasteiger partial charge in [0.2, 0.25) is 0 Å². The van der Waals surface area contributed by atoms with Crippen molar-refractivity contribution in [2.75, 3.05) is 14.2 Å². The average molecular weight is 164 g/mol. The number of aryl methyl sites for hydroxylation is 2. The molecule has 0 bridgehead atoms. The SMILES string of the molecule is COc1[c]c(C)c(C)[c]c1OC. The third kappa shape index (κ3) is 1.52. The van der Waals surface area contributed by atoms with Crippen LogP contribution in [0.1, 0.15) is 11.1 Å². The van der Waals surface area contributed by atoms with E-state index in [1.165, 1.54) is 0 Å². The first kappa shape index (κ1) is 8.91. The van der Waals surface area contributed by atoms with Gasteiger partial charge >= 0.3 is 0 Å². The fraction of sp³-hybridized carbons (Fsp3) is 0.400. The van der Waals surface area contributed by atoms with Gasteiger partial charge in [-0.15, -0.1) is 0 Å². The number of methoxy groups -OCH3 is 2. The minimum atomic E-state index is 0.612. The number of hydrogen-bond acceptors (Lipinski definition) is 2. The standard InChI is InChI=1S/C10H12O2/c1-7-5-9(11-3)10(12-4)6-8(7)2/h1-4H3. The highest BCUT2D eigenvalue weighted by Gasteiger charge is 2.06. The maximum absolute atomic E-state index is 5.06. The first-order chi connectivity index (χ1) is 5.69. The third-order valence-electron chi connectivity index (χ3n) is 1.78. The number of ether oxygens (including phenoxy) is 2. The quantitative estimate of drug-likeness (QED) is 0.664. The van der Waals surface area contributed by atoms with Crippen LogP contribution < -0.4 is 9.47 Å². The third-order valence-corrected chi connectivity index (χ3v) is 1.78. The fourth-order valence-electron chi connectivity index (χ4n) is 0.929. The molecule has 2 nitrogen and oxygen atoms in total. The monoisotopic (exact) mass is 164 g/mol. The molecule has 1 aromatic carbocycles. The van der Waals surface area contributed by atoms with E-state index in [9.17, 15) is 0 Å². The van der Waals surface area contributed by atoms with Gasteiger partial charge in [0.25, 0.3) is 0 Å². The van der Waals surface area contributed by atoms with Crippen molar-refractivity contribution in [3.63, 3.8) is 0 Å². The van der Waals surface area contributed by atoms with E-state index in [-0.39, 0.29) is 0 Å². The molecule has 0 amide bonds. The lowest BCUT2D eigenvalue weighted by Gasteiger charge is -2.08. The zero-order valence-corrected chi connectivity index (χ0v) is 7.82. The average Bonchev–Trinajstić information content (AvgIpc) is 2.09. The molecule has 0 N–H and O–H groups in total. The van der Waals surface area contributed by atoms with Gasteiger partial charge in [-0.05, 0) is 25.0 Å². The van der Waals surface area contributed by atoms with Crippen molar-refractivity contribution in [3.05, 3.63) is 23.3 Å². The maximum Gasteiger partial charge on any atom is 0.169 e. The predicted octanol–water partition coefficient (Wildman–Crippen LogP) is 1.92. The summed E-state index contributed by atoms with van der Waals surface area (Å²) in [5.41, 5.74) is 2.07. The number of rotatable bonds is 2. The van der Waals surface area contributed by atoms with Gasteiger partial charge < -0.3 is 9.47 Å². The molecule has 1 aromatic rings. The number of hydrogen-bond donors (Lipinski definition) is 0. The molecule has 0 aliphatic heterocycles. The lowest BCUT2D eigenvalue weighted by molar-refractivity contribution is 0.353. The van der Waals surface area contributed by atoms with Crippen LogP contribution in [0.5, 0.6) is 11.5 Å². The van der Waals surface area contributed by atoms with Crippen LogP contribution in [0.2, 0.25) is 0 Å². The van der Waals surface area contributed by atoms with Gasteiger partial charge in [0.05, 0.1) is 14.2 Å². The van der Waals surface area contributed by atoms with Gasteiger partial charge in [0, 0.05) is 12.1 Å². The molecule has 64 valence electrons. The second-order valence-corrected chi connectivity index (χ2v) is 2.57. The van der Waals surface area contributed by atoms with Crippen LogP contribution in [-0.2, 0) is 0 Å². The Kier molecular flexibility index (Phi) is 2.58. The first-order valence-corrected chi connectivity index (χ1v) is 3.72. The van der Waals surface area contributed by atoms with Crippen LogP contribution in [0, 0.1) is 26.0 Å². The van der Waals surface area contributed by atoms with E-state index >= 15 is 0 Å². The van der Waals surface area contributed by atoms with Gasteiger partial charge in [0.1, 0.15) is 0 Å². The van der Waals surface area contributed by atoms with Crippen molar-refractivity contribution in [1.82, 2.24) is 0 Å². The lowest BCUT2D eigenvalue weighted by atomic mass is 10.1. The summed E-state index contributed by atoms with van der Waals surface area (Å²) >= 11 is 0. The maximum atomic E-state index is 5.06. The molecule has 0 spiro atoms. The Labute approximate surface area is 73.1 Å². The van der Waals surface area contributed by atoms with Crippen molar-refractivity contribution in [3.8, 4) is 11.5 Å². The summed E-state index contributed by atoms with van der Waals surface area (Å²) in [5, 5.41) is 0. The topological polar surface area (TPSA) is 18.5 Å². The molecular weight excluding hydrogens is 152 g/mol.